The Labute approximate surface area is 118 Å². The van der Waals surface area contributed by atoms with E-state index in [1.54, 1.807) is 12.1 Å². The number of hydrogen-bond acceptors (Lipinski definition) is 5. The third-order valence-corrected chi connectivity index (χ3v) is 2.78. The average molecular weight is 271 g/mol. The van der Waals surface area contributed by atoms with Gasteiger partial charge in [0.05, 0.1) is 12.7 Å². The lowest BCUT2D eigenvalue weighted by Gasteiger charge is -2.07. The van der Waals surface area contributed by atoms with Gasteiger partial charge in [0.25, 0.3) is 0 Å². The molecule has 0 aliphatic heterocycles. The summed E-state index contributed by atoms with van der Waals surface area (Å²) in [6, 6.07) is 9.20. The van der Waals surface area contributed by atoms with Gasteiger partial charge in [-0.3, -0.25) is 0 Å². The van der Waals surface area contributed by atoms with Crippen LogP contribution in [0.4, 0.5) is 5.95 Å². The van der Waals surface area contributed by atoms with E-state index in [1.807, 2.05) is 32.0 Å². The fourth-order valence-electron chi connectivity index (χ4n) is 1.91. The van der Waals surface area contributed by atoms with Crippen LogP contribution in [0.2, 0.25) is 0 Å². The van der Waals surface area contributed by atoms with Crippen molar-refractivity contribution in [2.24, 2.45) is 0 Å². The SMILES string of the molecule is COC(=O)c1cccc(CNc2nc(C)cc(C)n2)c1. The molecule has 2 rings (SSSR count). The minimum atomic E-state index is -0.338. The second-order valence-electron chi connectivity index (χ2n) is 4.52. The summed E-state index contributed by atoms with van der Waals surface area (Å²) in [5, 5.41) is 3.15. The van der Waals surface area contributed by atoms with Crippen molar-refractivity contribution in [1.82, 2.24) is 9.97 Å². The van der Waals surface area contributed by atoms with Crippen molar-refractivity contribution in [3.63, 3.8) is 0 Å². The number of benzene rings is 1. The van der Waals surface area contributed by atoms with Crippen LogP contribution in [-0.2, 0) is 11.3 Å². The quantitative estimate of drug-likeness (QED) is 0.865. The van der Waals surface area contributed by atoms with Gasteiger partial charge in [-0.25, -0.2) is 14.8 Å². The Bertz CT molecular complexity index is 606. The summed E-state index contributed by atoms with van der Waals surface area (Å²) in [7, 11) is 1.37. The minimum Gasteiger partial charge on any atom is -0.465 e. The largest absolute Gasteiger partial charge is 0.465 e. The molecule has 104 valence electrons. The van der Waals surface area contributed by atoms with Gasteiger partial charge in [0, 0.05) is 17.9 Å². The van der Waals surface area contributed by atoms with Gasteiger partial charge < -0.3 is 10.1 Å². The predicted molar refractivity (Wildman–Crippen MR) is 76.6 cm³/mol. The van der Waals surface area contributed by atoms with Crippen molar-refractivity contribution in [1.29, 1.82) is 0 Å². The number of nitrogens with zero attached hydrogens (tertiary/aromatic N) is 2. The van der Waals surface area contributed by atoms with Crippen molar-refractivity contribution in [2.45, 2.75) is 20.4 Å². The molecule has 0 amide bonds. The van der Waals surface area contributed by atoms with Gasteiger partial charge >= 0.3 is 5.97 Å². The molecule has 2 aromatic rings. The lowest BCUT2D eigenvalue weighted by Crippen LogP contribution is -2.07. The number of nitrogens with one attached hydrogen (secondary N) is 1. The van der Waals surface area contributed by atoms with Gasteiger partial charge in [-0.2, -0.15) is 0 Å². The molecule has 0 saturated heterocycles. The molecule has 0 unspecified atom stereocenters. The molecule has 5 heteroatoms. The van der Waals surface area contributed by atoms with Crippen LogP contribution in [0.3, 0.4) is 0 Å². The Kier molecular flexibility index (Phi) is 4.30. The van der Waals surface area contributed by atoms with Gasteiger partial charge in [-0.15, -0.1) is 0 Å². The fourth-order valence-corrected chi connectivity index (χ4v) is 1.91. The molecule has 20 heavy (non-hydrogen) atoms. The van der Waals surface area contributed by atoms with E-state index in [2.05, 4.69) is 15.3 Å². The number of aryl methyl sites for hydroxylation is 2. The molecule has 5 nitrogen and oxygen atoms in total. The molecule has 0 atom stereocenters. The highest BCUT2D eigenvalue weighted by Gasteiger charge is 2.06. The maximum Gasteiger partial charge on any atom is 0.337 e. The number of ether oxygens (including phenoxy) is 1. The number of hydrogen-bond donors (Lipinski definition) is 1. The second kappa shape index (κ2) is 6.14. The van der Waals surface area contributed by atoms with Crippen LogP contribution < -0.4 is 5.32 Å². The fraction of sp³-hybridized carbons (Fsp3) is 0.267. The summed E-state index contributed by atoms with van der Waals surface area (Å²) in [5.74, 6) is 0.250. The molecule has 1 N–H and O–H groups in total. The van der Waals surface area contributed by atoms with Crippen molar-refractivity contribution in [2.75, 3.05) is 12.4 Å². The van der Waals surface area contributed by atoms with E-state index in [0.29, 0.717) is 18.1 Å². The minimum absolute atomic E-state index is 0.338. The number of anilines is 1. The summed E-state index contributed by atoms with van der Waals surface area (Å²) < 4.78 is 4.70. The predicted octanol–water partition coefficient (Wildman–Crippen LogP) is 2.49. The number of carbonyl (C=O) groups excluding carboxylic acids is 1. The standard InChI is InChI=1S/C15H17N3O2/c1-10-7-11(2)18-15(17-10)16-9-12-5-4-6-13(8-12)14(19)20-3/h4-8H,9H2,1-3H3,(H,16,17,18). The smallest absolute Gasteiger partial charge is 0.337 e. The van der Waals surface area contributed by atoms with E-state index in [9.17, 15) is 4.79 Å². The number of aromatic nitrogens is 2. The lowest BCUT2D eigenvalue weighted by molar-refractivity contribution is 0.0600. The van der Waals surface area contributed by atoms with E-state index in [1.165, 1.54) is 7.11 Å². The third-order valence-electron chi connectivity index (χ3n) is 2.78. The second-order valence-corrected chi connectivity index (χ2v) is 4.52. The van der Waals surface area contributed by atoms with Crippen LogP contribution >= 0.6 is 0 Å². The normalized spacial score (nSPS) is 10.2. The Morgan fingerprint density at radius 2 is 1.90 bits per heavy atom. The maximum atomic E-state index is 11.5. The Hall–Kier alpha value is -2.43. The highest BCUT2D eigenvalue weighted by atomic mass is 16.5. The highest BCUT2D eigenvalue weighted by Crippen LogP contribution is 2.09. The van der Waals surface area contributed by atoms with Gasteiger partial charge in [-0.05, 0) is 37.6 Å². The first-order chi connectivity index (χ1) is 9.58. The molecular formula is C15H17N3O2. The van der Waals surface area contributed by atoms with Crippen molar-refractivity contribution in [3.05, 3.63) is 52.8 Å². The molecule has 0 aliphatic carbocycles. The summed E-state index contributed by atoms with van der Waals surface area (Å²) in [5.41, 5.74) is 3.34. The highest BCUT2D eigenvalue weighted by molar-refractivity contribution is 5.89. The van der Waals surface area contributed by atoms with Gasteiger partial charge in [0.1, 0.15) is 0 Å². The third kappa shape index (κ3) is 3.54. The lowest BCUT2D eigenvalue weighted by atomic mass is 10.1. The molecule has 1 heterocycles. The van der Waals surface area contributed by atoms with Crippen LogP contribution in [0, 0.1) is 13.8 Å². The Morgan fingerprint density at radius 3 is 2.55 bits per heavy atom. The monoisotopic (exact) mass is 271 g/mol. The zero-order chi connectivity index (χ0) is 14.5. The van der Waals surface area contributed by atoms with Crippen molar-refractivity contribution in [3.8, 4) is 0 Å². The molecule has 0 bridgehead atoms. The van der Waals surface area contributed by atoms with E-state index in [4.69, 9.17) is 4.74 Å². The number of methoxy groups -OCH3 is 1. The van der Waals surface area contributed by atoms with E-state index < -0.39 is 0 Å². The van der Waals surface area contributed by atoms with E-state index in [-0.39, 0.29) is 5.97 Å². The van der Waals surface area contributed by atoms with Gasteiger partial charge in [0.2, 0.25) is 5.95 Å². The molecule has 0 spiro atoms. The summed E-state index contributed by atoms with van der Waals surface area (Å²) >= 11 is 0. The first-order valence-corrected chi connectivity index (χ1v) is 6.32. The van der Waals surface area contributed by atoms with Gasteiger partial charge in [-0.1, -0.05) is 12.1 Å². The van der Waals surface area contributed by atoms with Crippen molar-refractivity contribution < 1.29 is 9.53 Å². The summed E-state index contributed by atoms with van der Waals surface area (Å²) in [6.45, 7) is 4.41. The number of rotatable bonds is 4. The topological polar surface area (TPSA) is 64.1 Å². The van der Waals surface area contributed by atoms with E-state index >= 15 is 0 Å². The van der Waals surface area contributed by atoms with Gasteiger partial charge in [0.15, 0.2) is 0 Å². The molecule has 0 saturated carbocycles. The maximum absolute atomic E-state index is 11.5. The van der Waals surface area contributed by atoms with E-state index in [0.717, 1.165) is 17.0 Å². The molecule has 0 aliphatic rings. The van der Waals surface area contributed by atoms with Crippen LogP contribution in [0.25, 0.3) is 0 Å². The molecular weight excluding hydrogens is 254 g/mol. The van der Waals surface area contributed by atoms with Crippen LogP contribution in [-0.4, -0.2) is 23.0 Å². The summed E-state index contributed by atoms with van der Waals surface area (Å²) in [6.07, 6.45) is 0. The molecule has 1 aromatic heterocycles. The average Bonchev–Trinajstić information content (AvgIpc) is 2.43. The van der Waals surface area contributed by atoms with Crippen LogP contribution in [0.1, 0.15) is 27.3 Å². The zero-order valence-electron chi connectivity index (χ0n) is 11.8. The summed E-state index contributed by atoms with van der Waals surface area (Å²) in [4.78, 5) is 20.1. The first-order valence-electron chi connectivity index (χ1n) is 6.32. The Balaban J connectivity index is 2.09. The Morgan fingerprint density at radius 1 is 1.20 bits per heavy atom. The molecule has 0 fully saturated rings. The zero-order valence-corrected chi connectivity index (χ0v) is 11.8. The van der Waals surface area contributed by atoms with Crippen LogP contribution in [0.5, 0.6) is 0 Å². The molecule has 1 aromatic carbocycles. The van der Waals surface area contributed by atoms with Crippen LogP contribution in [0.15, 0.2) is 30.3 Å². The van der Waals surface area contributed by atoms with Crippen molar-refractivity contribution >= 4 is 11.9 Å². The number of carbonyl (C=O) groups is 1. The first kappa shape index (κ1) is 14.0. The number of esters is 1. The molecule has 0 radical (unpaired) electrons.